The molecule has 0 unspecified atom stereocenters. The molecule has 19 heavy (non-hydrogen) atoms. The minimum atomic E-state index is -0.461. The average Bonchev–Trinajstić information content (AvgIpc) is 2.45. The zero-order valence-electron chi connectivity index (χ0n) is 10.1. The first-order chi connectivity index (χ1) is 9.20. The van der Waals surface area contributed by atoms with Crippen LogP contribution >= 0.6 is 11.6 Å². The van der Waals surface area contributed by atoms with Gasteiger partial charge in [-0.3, -0.25) is 5.84 Å². The number of nitrogens with two attached hydrogens (primary N) is 1. The lowest BCUT2D eigenvalue weighted by Crippen LogP contribution is -2.09. The summed E-state index contributed by atoms with van der Waals surface area (Å²) in [4.78, 5) is 11.9. The Bertz CT molecular complexity index is 573. The molecule has 0 aromatic heterocycles. The first-order valence-electron chi connectivity index (χ1n) is 5.68. The molecule has 98 valence electrons. The Morgan fingerprint density at radius 1 is 1.21 bits per heavy atom. The molecule has 0 atom stereocenters. The average molecular weight is 277 g/mol. The highest BCUT2D eigenvalue weighted by atomic mass is 35.5. The number of carbonyl (C=O) groups excluding carboxylic acids is 1. The second-order valence-electron chi connectivity index (χ2n) is 3.90. The monoisotopic (exact) mass is 276 g/mol. The molecule has 0 aliphatic heterocycles. The molecular formula is C14H13ClN2O2. The van der Waals surface area contributed by atoms with Crippen LogP contribution in [0.3, 0.4) is 0 Å². The summed E-state index contributed by atoms with van der Waals surface area (Å²) >= 11 is 5.99. The van der Waals surface area contributed by atoms with Gasteiger partial charge >= 0.3 is 5.97 Å². The van der Waals surface area contributed by atoms with Crippen LogP contribution in [0.4, 0.5) is 5.69 Å². The van der Waals surface area contributed by atoms with E-state index in [1.54, 1.807) is 18.2 Å². The van der Waals surface area contributed by atoms with E-state index in [-0.39, 0.29) is 6.61 Å². The van der Waals surface area contributed by atoms with Gasteiger partial charge in [-0.15, -0.1) is 0 Å². The van der Waals surface area contributed by atoms with E-state index in [0.717, 1.165) is 5.56 Å². The predicted molar refractivity (Wildman–Crippen MR) is 74.8 cm³/mol. The van der Waals surface area contributed by atoms with E-state index in [1.807, 2.05) is 30.3 Å². The summed E-state index contributed by atoms with van der Waals surface area (Å²) in [5.41, 5.74) is 4.32. The third-order valence-electron chi connectivity index (χ3n) is 2.57. The fourth-order valence-corrected chi connectivity index (χ4v) is 1.83. The topological polar surface area (TPSA) is 64.3 Å². The van der Waals surface area contributed by atoms with E-state index in [4.69, 9.17) is 22.2 Å². The van der Waals surface area contributed by atoms with Crippen LogP contribution in [0.1, 0.15) is 15.9 Å². The maximum absolute atomic E-state index is 11.9. The predicted octanol–water partition coefficient (Wildman–Crippen LogP) is 2.98. The minimum Gasteiger partial charge on any atom is -0.457 e. The van der Waals surface area contributed by atoms with Crippen molar-refractivity contribution in [2.24, 2.45) is 5.84 Å². The highest BCUT2D eigenvalue weighted by Crippen LogP contribution is 2.21. The van der Waals surface area contributed by atoms with Gasteiger partial charge in [0.15, 0.2) is 0 Å². The molecule has 0 radical (unpaired) electrons. The number of hydrazine groups is 1. The molecule has 0 aliphatic carbocycles. The lowest BCUT2D eigenvalue weighted by molar-refractivity contribution is 0.0473. The summed E-state index contributed by atoms with van der Waals surface area (Å²) < 4.78 is 5.19. The van der Waals surface area contributed by atoms with Crippen LogP contribution in [0.5, 0.6) is 0 Å². The third-order valence-corrected chi connectivity index (χ3v) is 2.88. The van der Waals surface area contributed by atoms with E-state index in [0.29, 0.717) is 16.3 Å². The van der Waals surface area contributed by atoms with Crippen LogP contribution in [-0.2, 0) is 11.3 Å². The highest BCUT2D eigenvalue weighted by molar-refractivity contribution is 6.33. The normalized spacial score (nSPS) is 10.0. The van der Waals surface area contributed by atoms with Crippen molar-refractivity contribution < 1.29 is 9.53 Å². The van der Waals surface area contributed by atoms with E-state index in [9.17, 15) is 4.79 Å². The van der Waals surface area contributed by atoms with Crippen molar-refractivity contribution >= 4 is 23.3 Å². The fourth-order valence-electron chi connectivity index (χ4n) is 1.57. The quantitative estimate of drug-likeness (QED) is 0.512. The van der Waals surface area contributed by atoms with Crippen LogP contribution < -0.4 is 11.3 Å². The van der Waals surface area contributed by atoms with Crippen LogP contribution in [0.25, 0.3) is 0 Å². The number of hydrogen-bond acceptors (Lipinski definition) is 4. The summed E-state index contributed by atoms with van der Waals surface area (Å²) in [6.07, 6.45) is 0. The molecule has 0 bridgehead atoms. The van der Waals surface area contributed by atoms with Gasteiger partial charge in [-0.2, -0.15) is 0 Å². The van der Waals surface area contributed by atoms with E-state index in [1.165, 1.54) is 0 Å². The molecule has 3 N–H and O–H groups in total. The second kappa shape index (κ2) is 6.22. The molecule has 0 spiro atoms. The van der Waals surface area contributed by atoms with E-state index >= 15 is 0 Å². The van der Waals surface area contributed by atoms with Gasteiger partial charge in [-0.1, -0.05) is 41.9 Å². The first kappa shape index (κ1) is 13.4. The Kier molecular flexibility index (Phi) is 4.39. The van der Waals surface area contributed by atoms with Crippen molar-refractivity contribution in [3.63, 3.8) is 0 Å². The summed E-state index contributed by atoms with van der Waals surface area (Å²) in [6.45, 7) is 0.215. The summed E-state index contributed by atoms with van der Waals surface area (Å²) in [5.74, 6) is 4.79. The van der Waals surface area contributed by atoms with Crippen LogP contribution in [0.2, 0.25) is 5.02 Å². The van der Waals surface area contributed by atoms with Crippen molar-refractivity contribution in [2.45, 2.75) is 6.61 Å². The van der Waals surface area contributed by atoms with Crippen molar-refractivity contribution in [3.8, 4) is 0 Å². The van der Waals surface area contributed by atoms with Gasteiger partial charge in [0.2, 0.25) is 0 Å². The Hall–Kier alpha value is -2.04. The number of benzene rings is 2. The first-order valence-corrected chi connectivity index (χ1v) is 6.05. The van der Waals surface area contributed by atoms with E-state index in [2.05, 4.69) is 5.43 Å². The number of anilines is 1. The molecule has 0 saturated carbocycles. The number of halogens is 1. The lowest BCUT2D eigenvalue weighted by Gasteiger charge is -2.07. The molecule has 2 rings (SSSR count). The molecule has 0 aliphatic rings. The van der Waals surface area contributed by atoms with Crippen molar-refractivity contribution in [3.05, 3.63) is 64.7 Å². The summed E-state index contributed by atoms with van der Waals surface area (Å²) in [7, 11) is 0. The smallest absolute Gasteiger partial charge is 0.339 e. The Balaban J connectivity index is 2.04. The maximum Gasteiger partial charge on any atom is 0.339 e. The molecule has 0 fully saturated rings. The third kappa shape index (κ3) is 3.47. The summed E-state index contributed by atoms with van der Waals surface area (Å²) in [6, 6.07) is 14.2. The number of rotatable bonds is 4. The largest absolute Gasteiger partial charge is 0.457 e. The molecule has 0 heterocycles. The summed E-state index contributed by atoms with van der Waals surface area (Å²) in [5, 5.41) is 0.300. The zero-order chi connectivity index (χ0) is 13.7. The van der Waals surface area contributed by atoms with E-state index < -0.39 is 5.97 Å². The minimum absolute atomic E-state index is 0.215. The zero-order valence-corrected chi connectivity index (χ0v) is 10.9. The van der Waals surface area contributed by atoms with Crippen molar-refractivity contribution in [1.29, 1.82) is 0 Å². The SMILES string of the molecule is NNc1ccc(C(=O)OCc2ccccc2)c(Cl)c1. The standard InChI is InChI=1S/C14H13ClN2O2/c15-13-8-11(17-16)6-7-12(13)14(18)19-9-10-4-2-1-3-5-10/h1-8,17H,9,16H2. The molecule has 0 saturated heterocycles. The van der Waals surface area contributed by atoms with Crippen molar-refractivity contribution in [1.82, 2.24) is 0 Å². The number of esters is 1. The van der Waals surface area contributed by atoms with Gasteiger partial charge < -0.3 is 10.2 Å². The number of hydrogen-bond donors (Lipinski definition) is 2. The number of ether oxygens (including phenoxy) is 1. The number of nitrogen functional groups attached to an aromatic ring is 1. The number of nitrogens with one attached hydrogen (secondary N) is 1. The Labute approximate surface area is 116 Å². The van der Waals surface area contributed by atoms with Crippen molar-refractivity contribution in [2.75, 3.05) is 5.43 Å². The fraction of sp³-hybridized carbons (Fsp3) is 0.0714. The molecule has 2 aromatic rings. The molecule has 4 nitrogen and oxygen atoms in total. The molecule has 0 amide bonds. The van der Waals surface area contributed by atoms with Gasteiger partial charge in [-0.25, -0.2) is 4.79 Å². The number of carbonyl (C=O) groups is 1. The van der Waals surface area contributed by atoms with Crippen LogP contribution in [0, 0.1) is 0 Å². The Morgan fingerprint density at radius 2 is 1.95 bits per heavy atom. The highest BCUT2D eigenvalue weighted by Gasteiger charge is 2.12. The van der Waals surface area contributed by atoms with Gasteiger partial charge in [0.25, 0.3) is 0 Å². The maximum atomic E-state index is 11.9. The lowest BCUT2D eigenvalue weighted by atomic mass is 10.2. The molecule has 2 aromatic carbocycles. The molecule has 5 heteroatoms. The van der Waals surface area contributed by atoms with Gasteiger partial charge in [-0.05, 0) is 23.8 Å². The van der Waals surface area contributed by atoms with Crippen LogP contribution in [0.15, 0.2) is 48.5 Å². The van der Waals surface area contributed by atoms with Gasteiger partial charge in [0, 0.05) is 5.69 Å². The van der Waals surface area contributed by atoms with Gasteiger partial charge in [0.05, 0.1) is 10.6 Å². The second-order valence-corrected chi connectivity index (χ2v) is 4.31. The Morgan fingerprint density at radius 3 is 2.58 bits per heavy atom. The van der Waals surface area contributed by atoms with Crippen LogP contribution in [-0.4, -0.2) is 5.97 Å². The van der Waals surface area contributed by atoms with Gasteiger partial charge in [0.1, 0.15) is 6.61 Å². The molecular weight excluding hydrogens is 264 g/mol.